The largest absolute Gasteiger partial charge is 0.509 e. The number of rotatable bonds is 7. The Bertz CT molecular complexity index is 3360. The number of aliphatic imine (C=N–C) groups is 2. The molecule has 0 amide bonds. The minimum atomic E-state index is -0.286. The number of aromatic nitrogens is 2. The Labute approximate surface area is 358 Å². The molecule has 0 unspecified atom stereocenters. The van der Waals surface area contributed by atoms with Gasteiger partial charge in [0, 0.05) is 38.4 Å². The van der Waals surface area contributed by atoms with Crippen LogP contribution in [0.5, 0.6) is 5.75 Å². The molecule has 10 heteroatoms. The van der Waals surface area contributed by atoms with Crippen LogP contribution in [0.4, 0.5) is 0 Å². The molecule has 0 spiro atoms. The van der Waals surface area contributed by atoms with Gasteiger partial charge in [0.1, 0.15) is 49.6 Å². The molecule has 2 aromatic heterocycles. The van der Waals surface area contributed by atoms with E-state index < -0.39 is 0 Å². The molecule has 3 N–H and O–H groups in total. The maximum atomic E-state index is 10.7. The minimum absolute atomic E-state index is 0.0385. The number of amidine groups is 2. The Kier molecular flexibility index (Phi) is 9.48. The Balaban J connectivity index is 1.21. The van der Waals surface area contributed by atoms with Gasteiger partial charge in [-0.05, 0) is 52.0 Å². The molecule has 0 saturated carbocycles. The molecule has 10 rings (SSSR count). The fourth-order valence-corrected chi connectivity index (χ4v) is 8.56. The van der Waals surface area contributed by atoms with Gasteiger partial charge < -0.3 is 20.0 Å². The number of phenols is 1. The van der Waals surface area contributed by atoms with E-state index in [0.717, 1.165) is 71.6 Å². The lowest BCUT2D eigenvalue weighted by Crippen LogP contribution is -2.44. The second kappa shape index (κ2) is 15.3. The average molecular weight is 775 g/mol. The minimum Gasteiger partial charge on any atom is -0.509 e. The lowest BCUT2D eigenvalue weighted by Gasteiger charge is -2.20. The van der Waals surface area contributed by atoms with Gasteiger partial charge in [0.15, 0.2) is 5.84 Å². The van der Waals surface area contributed by atoms with Crippen LogP contribution in [-0.4, -0.2) is 57.3 Å². The fourth-order valence-electron chi connectivity index (χ4n) is 8.56. The van der Waals surface area contributed by atoms with Crippen LogP contribution in [0.3, 0.4) is 0 Å². The summed E-state index contributed by atoms with van der Waals surface area (Å²) in [5.41, 5.74) is 16.9. The molecule has 0 aliphatic carbocycles. The van der Waals surface area contributed by atoms with Crippen LogP contribution >= 0.6 is 0 Å². The van der Waals surface area contributed by atoms with Crippen molar-refractivity contribution >= 4 is 109 Å². The van der Waals surface area contributed by atoms with E-state index in [1.54, 1.807) is 0 Å². The maximum Gasteiger partial charge on any atom is 0.159 e. The van der Waals surface area contributed by atoms with E-state index >= 15 is 0 Å². The molecule has 61 heavy (non-hydrogen) atoms. The van der Waals surface area contributed by atoms with Crippen molar-refractivity contribution in [3.05, 3.63) is 181 Å². The summed E-state index contributed by atoms with van der Waals surface area (Å²) >= 11 is 0. The SMILES string of the molecule is [B]c1c([B])c(O)c([B])c(-c2ccc(-n3c4ccccc4c4ccc5c6ccccc6n(CN=C(N=C(N)c6ccccc6)c6ccccc6-c6ccccc6)c5c43)cc2)c1[B]. The summed E-state index contributed by atoms with van der Waals surface area (Å²) in [4.78, 5) is 10.4. The number of phenolic OH excluding ortho intramolecular Hbond substituents is 1. The third-order valence-corrected chi connectivity index (χ3v) is 11.5. The van der Waals surface area contributed by atoms with E-state index in [9.17, 15) is 5.11 Å². The van der Waals surface area contributed by atoms with Crippen molar-refractivity contribution in [2.75, 3.05) is 0 Å². The summed E-state index contributed by atoms with van der Waals surface area (Å²) < 4.78 is 4.56. The number of nitrogens with two attached hydrogens (primary N) is 1. The molecule has 8 aromatic carbocycles. The molecule has 10 aromatic rings. The Morgan fingerprint density at radius 2 is 1.11 bits per heavy atom. The predicted molar refractivity (Wildman–Crippen MR) is 258 cm³/mol. The number of aromatic hydroxyl groups is 1. The summed E-state index contributed by atoms with van der Waals surface area (Å²) in [6.45, 7) is 0.244. The highest BCUT2D eigenvalue weighted by Crippen LogP contribution is 2.40. The van der Waals surface area contributed by atoms with Crippen LogP contribution in [0.15, 0.2) is 180 Å². The smallest absolute Gasteiger partial charge is 0.159 e. The van der Waals surface area contributed by atoms with Crippen LogP contribution in [0.1, 0.15) is 11.1 Å². The first-order valence-electron chi connectivity index (χ1n) is 19.9. The quantitative estimate of drug-likeness (QED) is 0.105. The zero-order chi connectivity index (χ0) is 41.8. The summed E-state index contributed by atoms with van der Waals surface area (Å²) in [6, 6.07) is 57.3. The first-order valence-corrected chi connectivity index (χ1v) is 19.9. The molecule has 0 fully saturated rings. The van der Waals surface area contributed by atoms with Gasteiger partial charge in [-0.2, -0.15) is 0 Å². The Hall–Kier alpha value is -7.44. The first kappa shape index (κ1) is 37.8. The molecular formula is C51H33B4N5O. The third kappa shape index (κ3) is 6.34. The molecule has 0 aliphatic rings. The third-order valence-electron chi connectivity index (χ3n) is 11.5. The molecule has 0 bridgehead atoms. The summed E-state index contributed by atoms with van der Waals surface area (Å²) in [5.74, 6) is 0.602. The molecular weight excluding hydrogens is 742 g/mol. The lowest BCUT2D eigenvalue weighted by atomic mass is 9.65. The van der Waals surface area contributed by atoms with Crippen molar-refractivity contribution in [3.63, 3.8) is 0 Å². The molecule has 280 valence electrons. The molecule has 6 nitrogen and oxygen atoms in total. The van der Waals surface area contributed by atoms with Crippen LogP contribution < -0.4 is 27.6 Å². The van der Waals surface area contributed by atoms with Gasteiger partial charge in [0.2, 0.25) is 0 Å². The predicted octanol–water partition coefficient (Wildman–Crippen LogP) is 6.92. The number of hydrogen-bond acceptors (Lipinski definition) is 2. The highest BCUT2D eigenvalue weighted by molar-refractivity contribution is 6.62. The van der Waals surface area contributed by atoms with Gasteiger partial charge in [0.05, 0.1) is 22.1 Å². The van der Waals surface area contributed by atoms with Gasteiger partial charge in [-0.3, -0.25) is 0 Å². The van der Waals surface area contributed by atoms with Crippen molar-refractivity contribution in [1.29, 1.82) is 0 Å². The van der Waals surface area contributed by atoms with Gasteiger partial charge in [-0.1, -0.05) is 157 Å². The first-order chi connectivity index (χ1) is 29.8. The van der Waals surface area contributed by atoms with Crippen molar-refractivity contribution in [3.8, 4) is 33.7 Å². The zero-order valence-corrected chi connectivity index (χ0v) is 33.0. The van der Waals surface area contributed by atoms with Crippen LogP contribution in [0.2, 0.25) is 0 Å². The van der Waals surface area contributed by atoms with Gasteiger partial charge in [-0.15, -0.1) is 5.46 Å². The van der Waals surface area contributed by atoms with Crippen LogP contribution in [-0.2, 0) is 6.67 Å². The number of fused-ring (bicyclic) bond motifs is 7. The summed E-state index contributed by atoms with van der Waals surface area (Å²) in [6.07, 6.45) is 0. The van der Waals surface area contributed by atoms with Gasteiger partial charge >= 0.3 is 0 Å². The summed E-state index contributed by atoms with van der Waals surface area (Å²) in [7, 11) is 25.0. The van der Waals surface area contributed by atoms with Crippen molar-refractivity contribution < 1.29 is 5.11 Å². The molecule has 0 saturated heterocycles. The van der Waals surface area contributed by atoms with Crippen LogP contribution in [0.25, 0.3) is 71.6 Å². The second-order valence-electron chi connectivity index (χ2n) is 15.0. The molecule has 0 atom stereocenters. The normalized spacial score (nSPS) is 12.3. The standard InChI is InChI=1S/C51H33B4N5O/c52-43-42(44(53)49(61)46(55)45(43)54)31-23-25-33(26-24-31)60-41-22-12-10-19-36(41)38-28-27-37-35-18-9-11-21-40(35)59(47(37)48(38)60)29-57-51(58-50(56)32-15-5-2-6-16-32)39-20-8-7-17-34(39)30-13-3-1-4-14-30/h1-28,61H,29H2,(H2,56,57,58). The van der Waals surface area contributed by atoms with E-state index in [2.05, 4.69) is 94.1 Å². The van der Waals surface area contributed by atoms with E-state index in [1.165, 1.54) is 0 Å². The van der Waals surface area contributed by atoms with Crippen molar-refractivity contribution in [1.82, 2.24) is 9.13 Å². The number of benzene rings is 8. The van der Waals surface area contributed by atoms with Crippen molar-refractivity contribution in [2.24, 2.45) is 15.7 Å². The summed E-state index contributed by atoms with van der Waals surface area (Å²) in [5, 5.41) is 15.1. The van der Waals surface area contributed by atoms with E-state index in [-0.39, 0.29) is 34.3 Å². The Morgan fingerprint density at radius 1 is 0.525 bits per heavy atom. The average Bonchev–Trinajstić information content (AvgIpc) is 3.82. The molecule has 8 radical (unpaired) electrons. The van der Waals surface area contributed by atoms with E-state index in [1.807, 2.05) is 84.9 Å². The van der Waals surface area contributed by atoms with E-state index in [4.69, 9.17) is 47.1 Å². The zero-order valence-electron chi connectivity index (χ0n) is 33.0. The second-order valence-corrected chi connectivity index (χ2v) is 15.0. The number of para-hydroxylation sites is 2. The molecule has 0 aliphatic heterocycles. The highest BCUT2D eigenvalue weighted by Gasteiger charge is 2.22. The topological polar surface area (TPSA) is 80.8 Å². The Morgan fingerprint density at radius 3 is 1.84 bits per heavy atom. The van der Waals surface area contributed by atoms with Gasteiger partial charge in [0.25, 0.3) is 0 Å². The fraction of sp³-hybridized carbons (Fsp3) is 0.0196. The number of nitrogens with zero attached hydrogens (tertiary/aromatic N) is 4. The molecule has 2 heterocycles. The van der Waals surface area contributed by atoms with Crippen molar-refractivity contribution in [2.45, 2.75) is 6.67 Å². The lowest BCUT2D eigenvalue weighted by molar-refractivity contribution is 0.484. The van der Waals surface area contributed by atoms with Crippen LogP contribution in [0, 0.1) is 0 Å². The number of hydrogen-bond donors (Lipinski definition) is 2. The maximum absolute atomic E-state index is 10.7. The highest BCUT2D eigenvalue weighted by atomic mass is 16.3. The van der Waals surface area contributed by atoms with E-state index in [0.29, 0.717) is 22.8 Å². The van der Waals surface area contributed by atoms with Gasteiger partial charge in [-0.25, -0.2) is 9.98 Å². The monoisotopic (exact) mass is 775 g/mol.